The molecule has 2 aliphatic rings. The maximum atomic E-state index is 13.1. The van der Waals surface area contributed by atoms with Gasteiger partial charge in [0.25, 0.3) is 0 Å². The Bertz CT molecular complexity index is 1120. The summed E-state index contributed by atoms with van der Waals surface area (Å²) in [5.41, 5.74) is 2.50. The van der Waals surface area contributed by atoms with E-state index in [9.17, 15) is 14.5 Å². The van der Waals surface area contributed by atoms with E-state index in [0.29, 0.717) is 19.1 Å². The van der Waals surface area contributed by atoms with Crippen molar-refractivity contribution in [1.82, 2.24) is 19.4 Å². The van der Waals surface area contributed by atoms with Crippen LogP contribution in [0.25, 0.3) is 0 Å². The summed E-state index contributed by atoms with van der Waals surface area (Å²) in [5.74, 6) is 0.266. The van der Waals surface area contributed by atoms with Crippen molar-refractivity contribution >= 4 is 17.3 Å². The number of nitrogens with zero attached hydrogens (tertiary/aromatic N) is 5. The number of nitro groups is 1. The molecule has 5 rings (SSSR count). The number of rotatable bonds is 5. The molecule has 0 aliphatic carbocycles. The highest BCUT2D eigenvalue weighted by Gasteiger charge is 2.41. The van der Waals surface area contributed by atoms with Gasteiger partial charge in [0.1, 0.15) is 23.4 Å². The van der Waals surface area contributed by atoms with Gasteiger partial charge in [0.15, 0.2) is 0 Å². The Morgan fingerprint density at radius 3 is 2.81 bits per heavy atom. The van der Waals surface area contributed by atoms with Crippen LogP contribution in [0.1, 0.15) is 18.2 Å². The number of hydrogen-bond donors (Lipinski definition) is 1. The van der Waals surface area contributed by atoms with Gasteiger partial charge < -0.3 is 20.2 Å². The molecule has 0 spiro atoms. The molecule has 160 valence electrons. The second-order valence-electron chi connectivity index (χ2n) is 8.21. The lowest BCUT2D eigenvalue weighted by Crippen LogP contribution is -2.46. The summed E-state index contributed by atoms with van der Waals surface area (Å²) in [6, 6.07) is 10.5. The molecule has 2 aliphatic heterocycles. The van der Waals surface area contributed by atoms with Gasteiger partial charge in [0.2, 0.25) is 0 Å². The maximum absolute atomic E-state index is 13.1. The number of fused-ring (bicyclic) bond motifs is 2. The fraction of sp³-hybridized carbons (Fsp3) is 0.333. The summed E-state index contributed by atoms with van der Waals surface area (Å²) in [7, 11) is 0. The third-order valence-corrected chi connectivity index (χ3v) is 5.56. The average Bonchev–Trinajstić information content (AvgIpc) is 3.25. The zero-order chi connectivity index (χ0) is 21.6. The van der Waals surface area contributed by atoms with E-state index in [1.165, 1.54) is 18.3 Å². The predicted octanol–water partition coefficient (Wildman–Crippen LogP) is 3.28. The molecule has 1 N–H and O–H groups in total. The largest absolute Gasteiger partial charge is 0.436 e. The molecular formula is C21H21FN6O3. The number of pyridine rings is 1. The van der Waals surface area contributed by atoms with Crippen LogP contribution in [-0.4, -0.2) is 43.0 Å². The summed E-state index contributed by atoms with van der Waals surface area (Å²) in [4.78, 5) is 21.3. The van der Waals surface area contributed by atoms with Crippen molar-refractivity contribution in [3.05, 3.63) is 69.8 Å². The molecule has 3 aromatic rings. The lowest BCUT2D eigenvalue weighted by molar-refractivity contribution is -0.389. The normalized spacial score (nSPS) is 20.1. The lowest BCUT2D eigenvalue weighted by atomic mass is 10.0. The molecule has 31 heavy (non-hydrogen) atoms. The standard InChI is InChI=1S/C21H21FN6O3/c1-21(13-27-11-19(28(29)30)25-20(27)31-21)12-26-9-8-17-14(10-26)2-7-18(24-17)23-16-5-3-15(22)4-6-16/h2-7,11H,8-10,12-13H2,1H3,(H,23,24). The van der Waals surface area contributed by atoms with Crippen LogP contribution < -0.4 is 10.1 Å². The predicted molar refractivity (Wildman–Crippen MR) is 111 cm³/mol. The molecule has 9 nitrogen and oxygen atoms in total. The molecule has 0 bridgehead atoms. The molecule has 0 saturated carbocycles. The first-order valence-corrected chi connectivity index (χ1v) is 10.0. The van der Waals surface area contributed by atoms with Crippen LogP contribution in [0.3, 0.4) is 0 Å². The first-order valence-electron chi connectivity index (χ1n) is 10.0. The summed E-state index contributed by atoms with van der Waals surface area (Å²) >= 11 is 0. The molecular weight excluding hydrogens is 403 g/mol. The van der Waals surface area contributed by atoms with Crippen molar-refractivity contribution in [3.8, 4) is 6.01 Å². The molecule has 2 aromatic heterocycles. The van der Waals surface area contributed by atoms with Crippen molar-refractivity contribution in [1.29, 1.82) is 0 Å². The Morgan fingerprint density at radius 1 is 1.26 bits per heavy atom. The van der Waals surface area contributed by atoms with E-state index in [1.54, 1.807) is 16.7 Å². The van der Waals surface area contributed by atoms with Gasteiger partial charge in [-0.25, -0.2) is 9.37 Å². The van der Waals surface area contributed by atoms with Crippen molar-refractivity contribution < 1.29 is 14.1 Å². The third-order valence-electron chi connectivity index (χ3n) is 5.56. The first-order chi connectivity index (χ1) is 14.9. The quantitative estimate of drug-likeness (QED) is 0.496. The highest BCUT2D eigenvalue weighted by molar-refractivity contribution is 5.56. The van der Waals surface area contributed by atoms with Gasteiger partial charge in [0.05, 0.1) is 6.54 Å². The number of benzene rings is 1. The zero-order valence-corrected chi connectivity index (χ0v) is 16.9. The average molecular weight is 424 g/mol. The number of anilines is 2. The minimum Gasteiger partial charge on any atom is -0.436 e. The van der Waals surface area contributed by atoms with E-state index in [-0.39, 0.29) is 11.6 Å². The number of halogens is 1. The summed E-state index contributed by atoms with van der Waals surface area (Å²) < 4.78 is 20.7. The Labute approximate surface area is 177 Å². The van der Waals surface area contributed by atoms with Gasteiger partial charge in [-0.1, -0.05) is 6.07 Å². The molecule has 0 saturated heterocycles. The van der Waals surface area contributed by atoms with Crippen LogP contribution in [0.15, 0.2) is 42.6 Å². The fourth-order valence-electron chi connectivity index (χ4n) is 4.20. The van der Waals surface area contributed by atoms with Crippen molar-refractivity contribution in [2.45, 2.75) is 32.0 Å². The van der Waals surface area contributed by atoms with E-state index in [1.807, 2.05) is 13.0 Å². The number of imidazole rings is 1. The Hall–Kier alpha value is -3.53. The zero-order valence-electron chi connectivity index (χ0n) is 16.9. The van der Waals surface area contributed by atoms with Gasteiger partial charge in [0, 0.05) is 42.4 Å². The van der Waals surface area contributed by atoms with Crippen molar-refractivity contribution in [3.63, 3.8) is 0 Å². The molecule has 4 heterocycles. The Morgan fingerprint density at radius 2 is 2.06 bits per heavy atom. The van der Waals surface area contributed by atoms with Crippen LogP contribution in [0.2, 0.25) is 0 Å². The highest BCUT2D eigenvalue weighted by Crippen LogP contribution is 2.32. The molecule has 1 atom stereocenters. The van der Waals surface area contributed by atoms with E-state index in [2.05, 4.69) is 21.3 Å². The van der Waals surface area contributed by atoms with Crippen molar-refractivity contribution in [2.24, 2.45) is 0 Å². The highest BCUT2D eigenvalue weighted by atomic mass is 19.1. The molecule has 1 unspecified atom stereocenters. The lowest BCUT2D eigenvalue weighted by Gasteiger charge is -2.34. The van der Waals surface area contributed by atoms with Crippen LogP contribution >= 0.6 is 0 Å². The van der Waals surface area contributed by atoms with Crippen molar-refractivity contribution in [2.75, 3.05) is 18.4 Å². The SMILES string of the molecule is CC1(CN2CCc3nc(Nc4ccc(F)cc4)ccc3C2)Cn2cc([N+](=O)[O-])nc2O1. The van der Waals surface area contributed by atoms with Crippen LogP contribution in [0.5, 0.6) is 6.01 Å². The number of nitrogens with one attached hydrogen (secondary N) is 1. The topological polar surface area (TPSA) is 98.4 Å². The smallest absolute Gasteiger partial charge is 0.415 e. The number of aromatic nitrogens is 3. The van der Waals surface area contributed by atoms with Gasteiger partial charge in [-0.15, -0.1) is 0 Å². The maximum Gasteiger partial charge on any atom is 0.415 e. The van der Waals surface area contributed by atoms with Gasteiger partial charge in [-0.3, -0.25) is 9.47 Å². The summed E-state index contributed by atoms with van der Waals surface area (Å²) in [6.45, 7) is 4.78. The Kier molecular flexibility index (Phi) is 4.58. The van der Waals surface area contributed by atoms with Crippen LogP contribution in [0.4, 0.5) is 21.7 Å². The minimum atomic E-state index is -0.514. The molecule has 0 fully saturated rings. The van der Waals surface area contributed by atoms with Crippen LogP contribution in [0, 0.1) is 15.9 Å². The first kappa shape index (κ1) is 19.4. The van der Waals surface area contributed by atoms with Crippen LogP contribution in [-0.2, 0) is 19.5 Å². The number of ether oxygens (including phenoxy) is 1. The molecule has 0 radical (unpaired) electrons. The second kappa shape index (κ2) is 7.31. The minimum absolute atomic E-state index is 0.194. The van der Waals surface area contributed by atoms with E-state index >= 15 is 0 Å². The molecule has 10 heteroatoms. The fourth-order valence-corrected chi connectivity index (χ4v) is 4.20. The van der Waals surface area contributed by atoms with E-state index in [4.69, 9.17) is 9.72 Å². The second-order valence-corrected chi connectivity index (χ2v) is 8.21. The third kappa shape index (κ3) is 3.93. The van der Waals surface area contributed by atoms with Gasteiger partial charge >= 0.3 is 11.8 Å². The number of hydrogen-bond acceptors (Lipinski definition) is 7. The van der Waals surface area contributed by atoms with Gasteiger partial charge in [-0.2, -0.15) is 0 Å². The molecule has 1 aromatic carbocycles. The molecule has 0 amide bonds. The summed E-state index contributed by atoms with van der Waals surface area (Å²) in [6.07, 6.45) is 2.23. The summed E-state index contributed by atoms with van der Waals surface area (Å²) in [5, 5.41) is 14.1. The van der Waals surface area contributed by atoms with E-state index in [0.717, 1.165) is 42.3 Å². The van der Waals surface area contributed by atoms with E-state index < -0.39 is 10.5 Å². The monoisotopic (exact) mass is 424 g/mol. The van der Waals surface area contributed by atoms with Gasteiger partial charge in [-0.05, 0) is 47.7 Å². The Balaban J connectivity index is 1.23.